The maximum Gasteiger partial charge on any atom is 0.272 e. The van der Waals surface area contributed by atoms with Crippen LogP contribution in [0.25, 0.3) is 0 Å². The molecule has 4 rings (SSSR count). The molecule has 3 heterocycles. The van der Waals surface area contributed by atoms with Gasteiger partial charge in [0.15, 0.2) is 11.6 Å². The normalized spacial score (nSPS) is 18.8. The second-order valence-corrected chi connectivity index (χ2v) is 8.58. The van der Waals surface area contributed by atoms with Crippen molar-refractivity contribution in [1.82, 2.24) is 9.88 Å². The van der Waals surface area contributed by atoms with Crippen LogP contribution in [0.4, 0.5) is 15.8 Å². The molecule has 0 amide bonds. The second-order valence-electron chi connectivity index (χ2n) is 8.58. The quantitative estimate of drug-likeness (QED) is 0.564. The number of aromatic hydroxyl groups is 1. The number of non-ortho nitro benzene ring substituents is 1. The molecule has 2 aromatic rings. The molecule has 32 heavy (non-hydrogen) atoms. The number of piperazine rings is 1. The van der Waals surface area contributed by atoms with Crippen molar-refractivity contribution in [3.63, 3.8) is 0 Å². The fraction of sp³-hybridized carbons (Fsp3) is 0.500. The zero-order chi connectivity index (χ0) is 23.0. The number of nitro benzene ring substituents is 1. The van der Waals surface area contributed by atoms with Crippen LogP contribution in [0.1, 0.15) is 36.4 Å². The van der Waals surface area contributed by atoms with E-state index < -0.39 is 16.5 Å². The first kappa shape index (κ1) is 22.4. The van der Waals surface area contributed by atoms with Gasteiger partial charge in [0.1, 0.15) is 5.75 Å². The van der Waals surface area contributed by atoms with Crippen LogP contribution in [0.2, 0.25) is 0 Å². The molecule has 0 aliphatic carbocycles. The molecule has 0 unspecified atom stereocenters. The van der Waals surface area contributed by atoms with Gasteiger partial charge in [0, 0.05) is 49.9 Å². The van der Waals surface area contributed by atoms with Gasteiger partial charge in [-0.05, 0) is 26.8 Å². The first-order valence-corrected chi connectivity index (χ1v) is 10.5. The Balaban J connectivity index is 1.47. The van der Waals surface area contributed by atoms with Crippen molar-refractivity contribution in [1.29, 1.82) is 0 Å². The molecule has 0 saturated carbocycles. The molecule has 0 atom stereocenters. The Bertz CT molecular complexity index is 1040. The lowest BCUT2D eigenvalue weighted by Crippen LogP contribution is -2.46. The summed E-state index contributed by atoms with van der Waals surface area (Å²) in [6.45, 7) is 9.09. The van der Waals surface area contributed by atoms with E-state index in [-0.39, 0.29) is 18.0 Å². The number of fused-ring (bicyclic) bond motifs is 1. The van der Waals surface area contributed by atoms with E-state index in [0.29, 0.717) is 56.3 Å². The van der Waals surface area contributed by atoms with E-state index in [1.807, 2.05) is 18.7 Å². The summed E-state index contributed by atoms with van der Waals surface area (Å²) >= 11 is 0. The minimum atomic E-state index is -0.753. The summed E-state index contributed by atoms with van der Waals surface area (Å²) in [4.78, 5) is 19.0. The van der Waals surface area contributed by atoms with Crippen LogP contribution in [0.3, 0.4) is 0 Å². The number of hydrogen-bond donors (Lipinski definition) is 1. The van der Waals surface area contributed by atoms with Crippen molar-refractivity contribution in [3.8, 4) is 5.75 Å². The number of aryl methyl sites for hydroxylation is 1. The minimum absolute atomic E-state index is 0.142. The number of aromatic nitrogens is 1. The maximum absolute atomic E-state index is 14.4. The largest absolute Gasteiger partial charge is 0.506 e. The van der Waals surface area contributed by atoms with Gasteiger partial charge in [-0.1, -0.05) is 0 Å². The van der Waals surface area contributed by atoms with Gasteiger partial charge in [-0.2, -0.15) is 0 Å². The summed E-state index contributed by atoms with van der Waals surface area (Å²) < 4.78 is 26.0. The fourth-order valence-corrected chi connectivity index (χ4v) is 4.07. The summed E-state index contributed by atoms with van der Waals surface area (Å²) in [6, 6.07) is 3.75. The SMILES string of the molecule is Cc1nc(CN2CCN(c3ccc([N+](=O)[O-])cc3F)CC2)c2c(c1O)COC(C)(C)OC2. The van der Waals surface area contributed by atoms with Crippen molar-refractivity contribution in [3.05, 3.63) is 56.6 Å². The fourth-order valence-electron chi connectivity index (χ4n) is 4.07. The monoisotopic (exact) mass is 446 g/mol. The molecule has 1 aromatic heterocycles. The highest BCUT2D eigenvalue weighted by atomic mass is 19.1. The number of halogens is 1. The topological polar surface area (TPSA) is 101 Å². The van der Waals surface area contributed by atoms with E-state index in [2.05, 4.69) is 9.88 Å². The summed E-state index contributed by atoms with van der Waals surface area (Å²) in [6.07, 6.45) is 0. The Hall–Kier alpha value is -2.82. The lowest BCUT2D eigenvalue weighted by Gasteiger charge is -2.36. The number of anilines is 1. The highest BCUT2D eigenvalue weighted by Crippen LogP contribution is 2.34. The highest BCUT2D eigenvalue weighted by Gasteiger charge is 2.29. The van der Waals surface area contributed by atoms with Crippen LogP contribution < -0.4 is 4.90 Å². The first-order chi connectivity index (χ1) is 15.1. The van der Waals surface area contributed by atoms with Gasteiger partial charge < -0.3 is 19.5 Å². The predicted molar refractivity (Wildman–Crippen MR) is 115 cm³/mol. The van der Waals surface area contributed by atoms with Gasteiger partial charge in [0.2, 0.25) is 0 Å². The van der Waals surface area contributed by atoms with Crippen LogP contribution in [0.5, 0.6) is 5.75 Å². The molecule has 9 nitrogen and oxygen atoms in total. The number of hydrogen-bond acceptors (Lipinski definition) is 8. The van der Waals surface area contributed by atoms with E-state index in [0.717, 1.165) is 17.3 Å². The van der Waals surface area contributed by atoms with Crippen LogP contribution in [0.15, 0.2) is 18.2 Å². The molecular formula is C22H27FN4O5. The van der Waals surface area contributed by atoms with Gasteiger partial charge in [-0.3, -0.25) is 20.0 Å². The number of nitrogens with zero attached hydrogens (tertiary/aromatic N) is 4. The summed E-state index contributed by atoms with van der Waals surface area (Å²) in [7, 11) is 0. The average Bonchev–Trinajstić information content (AvgIpc) is 2.91. The number of rotatable bonds is 4. The predicted octanol–water partition coefficient (Wildman–Crippen LogP) is 3.25. The minimum Gasteiger partial charge on any atom is -0.506 e. The maximum atomic E-state index is 14.4. The molecule has 1 N–H and O–H groups in total. The molecule has 1 fully saturated rings. The molecule has 172 valence electrons. The lowest BCUT2D eigenvalue weighted by atomic mass is 10.0. The number of benzene rings is 1. The van der Waals surface area contributed by atoms with Gasteiger partial charge in [-0.15, -0.1) is 0 Å². The molecule has 2 aliphatic rings. The Kier molecular flexibility index (Phi) is 6.02. The van der Waals surface area contributed by atoms with E-state index >= 15 is 0 Å². The smallest absolute Gasteiger partial charge is 0.272 e. The molecule has 1 aromatic carbocycles. The van der Waals surface area contributed by atoms with Crippen molar-refractivity contribution >= 4 is 11.4 Å². The molecular weight excluding hydrogens is 419 g/mol. The van der Waals surface area contributed by atoms with E-state index in [4.69, 9.17) is 9.47 Å². The van der Waals surface area contributed by atoms with Crippen LogP contribution in [0, 0.1) is 22.9 Å². The lowest BCUT2D eigenvalue weighted by molar-refractivity contribution is -0.385. The van der Waals surface area contributed by atoms with E-state index in [9.17, 15) is 19.6 Å². The standard InChI is InChI=1S/C22H27FN4O5/c1-14-21(28)17-13-32-22(2,3)31-12-16(17)19(24-14)11-25-6-8-26(9-7-25)20-5-4-15(27(29)30)10-18(20)23/h4-5,10,28H,6-9,11-13H2,1-3H3. The zero-order valence-electron chi connectivity index (χ0n) is 18.4. The highest BCUT2D eigenvalue weighted by molar-refractivity contribution is 5.52. The van der Waals surface area contributed by atoms with E-state index in [1.54, 1.807) is 6.92 Å². The van der Waals surface area contributed by atoms with Gasteiger partial charge in [-0.25, -0.2) is 4.39 Å². The van der Waals surface area contributed by atoms with Gasteiger partial charge in [0.25, 0.3) is 5.69 Å². The molecule has 0 bridgehead atoms. The van der Waals surface area contributed by atoms with Gasteiger partial charge >= 0.3 is 0 Å². The third-order valence-electron chi connectivity index (χ3n) is 6.00. The Morgan fingerprint density at radius 1 is 1.19 bits per heavy atom. The third kappa shape index (κ3) is 4.52. The number of ether oxygens (including phenoxy) is 2. The summed E-state index contributed by atoms with van der Waals surface area (Å²) in [5.41, 5.74) is 3.07. The average molecular weight is 446 g/mol. The molecule has 2 aliphatic heterocycles. The first-order valence-electron chi connectivity index (χ1n) is 10.5. The molecule has 0 spiro atoms. The second kappa shape index (κ2) is 8.61. The molecule has 0 radical (unpaired) electrons. The van der Waals surface area contributed by atoms with Crippen LogP contribution >= 0.6 is 0 Å². The van der Waals surface area contributed by atoms with E-state index in [1.165, 1.54) is 12.1 Å². The van der Waals surface area contributed by atoms with Crippen LogP contribution in [-0.2, 0) is 29.2 Å². The summed E-state index contributed by atoms with van der Waals surface area (Å²) in [5, 5.41) is 21.4. The number of nitro groups is 1. The Morgan fingerprint density at radius 2 is 1.84 bits per heavy atom. The Labute approximate surface area is 185 Å². The van der Waals surface area contributed by atoms with Gasteiger partial charge in [0.05, 0.1) is 41.3 Å². The van der Waals surface area contributed by atoms with Crippen molar-refractivity contribution in [2.75, 3.05) is 31.1 Å². The Morgan fingerprint density at radius 3 is 2.47 bits per heavy atom. The van der Waals surface area contributed by atoms with Crippen molar-refractivity contribution in [2.24, 2.45) is 0 Å². The van der Waals surface area contributed by atoms with Crippen LogP contribution in [-0.4, -0.2) is 51.9 Å². The number of pyridine rings is 1. The zero-order valence-corrected chi connectivity index (χ0v) is 18.4. The van der Waals surface area contributed by atoms with Crippen molar-refractivity contribution in [2.45, 2.75) is 46.3 Å². The molecule has 1 saturated heterocycles. The van der Waals surface area contributed by atoms with Crippen molar-refractivity contribution < 1.29 is 23.9 Å². The third-order valence-corrected chi connectivity index (χ3v) is 6.00. The summed E-state index contributed by atoms with van der Waals surface area (Å²) in [5.74, 6) is -1.20. The molecule has 10 heteroatoms.